The van der Waals surface area contributed by atoms with E-state index in [9.17, 15) is 13.2 Å². The van der Waals surface area contributed by atoms with Gasteiger partial charge in [0.1, 0.15) is 0 Å². The zero-order chi connectivity index (χ0) is 14.0. The van der Waals surface area contributed by atoms with Gasteiger partial charge in [-0.3, -0.25) is 0 Å². The second-order valence-corrected chi connectivity index (χ2v) is 5.05. The van der Waals surface area contributed by atoms with Crippen molar-refractivity contribution >= 4 is 0 Å². The Kier molecular flexibility index (Phi) is 9.46. The Bertz CT molecular complexity index is 195. The molecule has 0 amide bonds. The monoisotopic (exact) mass is 269 g/mol. The van der Waals surface area contributed by atoms with E-state index in [-0.39, 0.29) is 19.1 Å². The molecule has 5 heteroatoms. The number of ether oxygens (including phenoxy) is 1. The number of nitrogens with one attached hydrogen (secondary N) is 1. The first-order chi connectivity index (χ1) is 8.35. The van der Waals surface area contributed by atoms with Crippen LogP contribution in [0.5, 0.6) is 0 Å². The van der Waals surface area contributed by atoms with Gasteiger partial charge < -0.3 is 10.1 Å². The van der Waals surface area contributed by atoms with Crippen LogP contribution in [0.2, 0.25) is 0 Å². The van der Waals surface area contributed by atoms with E-state index in [2.05, 4.69) is 26.1 Å². The van der Waals surface area contributed by atoms with E-state index in [1.807, 2.05) is 0 Å². The van der Waals surface area contributed by atoms with Gasteiger partial charge in [-0.2, -0.15) is 13.2 Å². The van der Waals surface area contributed by atoms with E-state index < -0.39 is 12.6 Å². The molecule has 110 valence electrons. The van der Waals surface area contributed by atoms with Crippen molar-refractivity contribution in [2.24, 2.45) is 5.92 Å². The minimum Gasteiger partial charge on any atom is -0.377 e. The van der Waals surface area contributed by atoms with Crippen LogP contribution < -0.4 is 5.32 Å². The number of rotatable bonds is 10. The molecule has 0 aromatic rings. The zero-order valence-electron chi connectivity index (χ0n) is 11.6. The number of halogens is 3. The Labute approximate surface area is 108 Å². The molecule has 2 nitrogen and oxygen atoms in total. The van der Waals surface area contributed by atoms with Crippen molar-refractivity contribution in [3.8, 4) is 0 Å². The molecule has 0 fully saturated rings. The predicted octanol–water partition coefficient (Wildman–Crippen LogP) is 3.76. The van der Waals surface area contributed by atoms with E-state index in [1.165, 1.54) is 0 Å². The molecule has 0 bridgehead atoms. The molecule has 0 heterocycles. The van der Waals surface area contributed by atoms with Gasteiger partial charge in [0.2, 0.25) is 0 Å². The van der Waals surface area contributed by atoms with Crippen molar-refractivity contribution in [2.45, 2.75) is 58.7 Å². The average Bonchev–Trinajstić information content (AvgIpc) is 2.22. The van der Waals surface area contributed by atoms with Gasteiger partial charge in [-0.1, -0.05) is 27.2 Å². The molecule has 18 heavy (non-hydrogen) atoms. The fraction of sp³-hybridized carbons (Fsp3) is 1.00. The smallest absolute Gasteiger partial charge is 0.377 e. The van der Waals surface area contributed by atoms with Gasteiger partial charge in [-0.25, -0.2) is 0 Å². The van der Waals surface area contributed by atoms with Gasteiger partial charge in [-0.05, 0) is 25.3 Å². The summed E-state index contributed by atoms with van der Waals surface area (Å²) in [7, 11) is 0. The van der Waals surface area contributed by atoms with Crippen molar-refractivity contribution in [3.63, 3.8) is 0 Å². The summed E-state index contributed by atoms with van der Waals surface area (Å²) in [6, 6.07) is 0. The molecular formula is C13H26F3NO. The lowest BCUT2D eigenvalue weighted by Crippen LogP contribution is -2.31. The van der Waals surface area contributed by atoms with E-state index in [0.29, 0.717) is 5.92 Å². The summed E-state index contributed by atoms with van der Waals surface area (Å²) >= 11 is 0. The Balaban J connectivity index is 3.69. The van der Waals surface area contributed by atoms with Crippen LogP contribution in [-0.4, -0.2) is 32.0 Å². The van der Waals surface area contributed by atoms with Crippen molar-refractivity contribution in [1.29, 1.82) is 0 Å². The zero-order valence-corrected chi connectivity index (χ0v) is 11.6. The van der Waals surface area contributed by atoms with Gasteiger partial charge >= 0.3 is 6.18 Å². The molecule has 1 unspecified atom stereocenters. The second kappa shape index (κ2) is 9.62. The summed E-state index contributed by atoms with van der Waals surface area (Å²) in [5, 5.41) is 3.28. The van der Waals surface area contributed by atoms with Crippen LogP contribution in [-0.2, 0) is 4.74 Å². The molecule has 0 saturated carbocycles. The molecule has 0 rings (SSSR count). The molecule has 0 spiro atoms. The topological polar surface area (TPSA) is 21.3 Å². The van der Waals surface area contributed by atoms with E-state index >= 15 is 0 Å². The molecular weight excluding hydrogens is 243 g/mol. The van der Waals surface area contributed by atoms with Crippen LogP contribution in [0.15, 0.2) is 0 Å². The lowest BCUT2D eigenvalue weighted by atomic mass is 10.2. The normalized spacial score (nSPS) is 14.2. The Morgan fingerprint density at radius 1 is 1.17 bits per heavy atom. The van der Waals surface area contributed by atoms with Crippen LogP contribution in [0.25, 0.3) is 0 Å². The van der Waals surface area contributed by atoms with Crippen LogP contribution >= 0.6 is 0 Å². The maximum absolute atomic E-state index is 12.0. The van der Waals surface area contributed by atoms with Gasteiger partial charge in [0, 0.05) is 19.6 Å². The molecule has 0 aromatic heterocycles. The highest BCUT2D eigenvalue weighted by atomic mass is 19.4. The third kappa shape index (κ3) is 12.2. The molecule has 1 N–H and O–H groups in total. The fourth-order valence-corrected chi connectivity index (χ4v) is 1.62. The number of alkyl halides is 3. The highest BCUT2D eigenvalue weighted by Gasteiger charge is 2.26. The van der Waals surface area contributed by atoms with Crippen molar-refractivity contribution in [1.82, 2.24) is 5.32 Å². The molecule has 0 radical (unpaired) electrons. The first kappa shape index (κ1) is 17.7. The molecule has 0 aliphatic heterocycles. The minimum atomic E-state index is -4.07. The summed E-state index contributed by atoms with van der Waals surface area (Å²) < 4.78 is 41.4. The third-order valence-corrected chi connectivity index (χ3v) is 2.49. The second-order valence-electron chi connectivity index (χ2n) is 5.05. The van der Waals surface area contributed by atoms with Crippen molar-refractivity contribution in [3.05, 3.63) is 0 Å². The Morgan fingerprint density at radius 3 is 2.33 bits per heavy atom. The van der Waals surface area contributed by atoms with Crippen LogP contribution in [0.3, 0.4) is 0 Å². The van der Waals surface area contributed by atoms with Crippen molar-refractivity contribution in [2.75, 3.05) is 19.7 Å². The van der Waals surface area contributed by atoms with Crippen LogP contribution in [0.1, 0.15) is 46.5 Å². The molecule has 0 saturated heterocycles. The van der Waals surface area contributed by atoms with Gasteiger partial charge in [0.05, 0.1) is 6.10 Å². The highest BCUT2D eigenvalue weighted by molar-refractivity contribution is 4.63. The summed E-state index contributed by atoms with van der Waals surface area (Å²) in [6.45, 7) is 8.10. The van der Waals surface area contributed by atoms with E-state index in [1.54, 1.807) is 0 Å². The first-order valence-corrected chi connectivity index (χ1v) is 6.74. The highest BCUT2D eigenvalue weighted by Crippen LogP contribution is 2.21. The lowest BCUT2D eigenvalue weighted by molar-refractivity contribution is -0.138. The average molecular weight is 269 g/mol. The standard InChI is InChI=1S/C13H26F3NO/c1-4-6-12(10-17-9-11(2)3)18-8-5-7-13(14,15)16/h11-12,17H,4-10H2,1-3H3. The lowest BCUT2D eigenvalue weighted by Gasteiger charge is -2.19. The molecule has 0 aliphatic rings. The summed E-state index contributed by atoms with van der Waals surface area (Å²) in [6.07, 6.45) is -2.88. The Hall–Kier alpha value is -0.290. The summed E-state index contributed by atoms with van der Waals surface area (Å²) in [5.74, 6) is 0.567. The quantitative estimate of drug-likeness (QED) is 0.610. The maximum atomic E-state index is 12.0. The molecule has 0 aromatic carbocycles. The van der Waals surface area contributed by atoms with Crippen molar-refractivity contribution < 1.29 is 17.9 Å². The summed E-state index contributed by atoms with van der Waals surface area (Å²) in [5.41, 5.74) is 0. The maximum Gasteiger partial charge on any atom is 0.389 e. The van der Waals surface area contributed by atoms with E-state index in [4.69, 9.17) is 4.74 Å². The SMILES string of the molecule is CCCC(CNCC(C)C)OCCCC(F)(F)F. The van der Waals surface area contributed by atoms with Gasteiger partial charge in [-0.15, -0.1) is 0 Å². The fourth-order valence-electron chi connectivity index (χ4n) is 1.62. The summed E-state index contributed by atoms with van der Waals surface area (Å²) in [4.78, 5) is 0. The molecule has 1 atom stereocenters. The van der Waals surface area contributed by atoms with Crippen LogP contribution in [0, 0.1) is 5.92 Å². The third-order valence-electron chi connectivity index (χ3n) is 2.49. The van der Waals surface area contributed by atoms with Gasteiger partial charge in [0.25, 0.3) is 0 Å². The van der Waals surface area contributed by atoms with Crippen LogP contribution in [0.4, 0.5) is 13.2 Å². The number of hydrogen-bond acceptors (Lipinski definition) is 2. The van der Waals surface area contributed by atoms with E-state index in [0.717, 1.165) is 25.9 Å². The minimum absolute atomic E-state index is 0.0296. The first-order valence-electron chi connectivity index (χ1n) is 6.74. The predicted molar refractivity (Wildman–Crippen MR) is 67.6 cm³/mol. The molecule has 0 aliphatic carbocycles. The Morgan fingerprint density at radius 2 is 1.83 bits per heavy atom. The largest absolute Gasteiger partial charge is 0.389 e. The van der Waals surface area contributed by atoms with Gasteiger partial charge in [0.15, 0.2) is 0 Å². The number of hydrogen-bond donors (Lipinski definition) is 1.